The maximum absolute atomic E-state index is 10.7. The first-order valence-electron chi connectivity index (χ1n) is 5.36. The monoisotopic (exact) mass is 298 g/mol. The Morgan fingerprint density at radius 3 is 2.28 bits per heavy atom. The average molecular weight is 298 g/mol. The number of unbranched alkanes of at least 4 members (excludes halogenated alkanes) is 1. The van der Waals surface area contributed by atoms with Crippen LogP contribution in [-0.2, 0) is 24.4 Å². The summed E-state index contributed by atoms with van der Waals surface area (Å²) in [5.41, 5.74) is 0. The van der Waals surface area contributed by atoms with Gasteiger partial charge in [0.15, 0.2) is 0 Å². The molecular weight excluding hydrogens is 280 g/mol. The minimum atomic E-state index is -4.04. The van der Waals surface area contributed by atoms with Gasteiger partial charge in [0.25, 0.3) is 20.2 Å². The van der Waals surface area contributed by atoms with Gasteiger partial charge >= 0.3 is 0 Å². The molecule has 0 spiro atoms. The summed E-state index contributed by atoms with van der Waals surface area (Å²) < 4.78 is 56.0. The van der Waals surface area contributed by atoms with Crippen LogP contribution in [0.5, 0.6) is 0 Å². The minimum absolute atomic E-state index is 0.0665. The van der Waals surface area contributed by atoms with Crippen LogP contribution in [0.1, 0.15) is 26.2 Å². The lowest BCUT2D eigenvalue weighted by Crippen LogP contribution is -2.14. The second-order valence-corrected chi connectivity index (χ2v) is 7.00. The first-order valence-corrected chi connectivity index (χ1v) is 8.78. The Labute approximate surface area is 109 Å². The molecular formula is C10H18O6S2. The average Bonchev–Trinajstić information content (AvgIpc) is 2.13. The van der Waals surface area contributed by atoms with Crippen molar-refractivity contribution in [3.63, 3.8) is 0 Å². The molecule has 0 aliphatic heterocycles. The Kier molecular flexibility index (Phi) is 7.47. The van der Waals surface area contributed by atoms with Gasteiger partial charge in [0, 0.05) is 5.92 Å². The van der Waals surface area contributed by atoms with Crippen LogP contribution >= 0.6 is 0 Å². The Hall–Kier alpha value is -0.620. The summed E-state index contributed by atoms with van der Waals surface area (Å²) in [4.78, 5) is 0. The summed E-state index contributed by atoms with van der Waals surface area (Å²) >= 11 is 0. The van der Waals surface area contributed by atoms with E-state index < -0.39 is 31.9 Å². The molecule has 0 amide bonds. The van der Waals surface area contributed by atoms with E-state index in [2.05, 4.69) is 16.0 Å². The minimum Gasteiger partial charge on any atom is -0.286 e. The van der Waals surface area contributed by atoms with Crippen LogP contribution in [0, 0.1) is 17.8 Å². The first kappa shape index (κ1) is 17.4. The van der Waals surface area contributed by atoms with E-state index in [1.54, 1.807) is 6.92 Å². The van der Waals surface area contributed by atoms with Gasteiger partial charge in [-0.2, -0.15) is 16.8 Å². The predicted octanol–water partition coefficient (Wildman–Crippen LogP) is 0.660. The van der Waals surface area contributed by atoms with Crippen molar-refractivity contribution in [2.45, 2.75) is 26.2 Å². The molecule has 0 aromatic heterocycles. The molecule has 0 aliphatic rings. The van der Waals surface area contributed by atoms with Crippen LogP contribution in [0.2, 0.25) is 0 Å². The lowest BCUT2D eigenvalue weighted by Gasteiger charge is -2.08. The molecule has 6 nitrogen and oxygen atoms in total. The van der Waals surface area contributed by atoms with Gasteiger partial charge in [0.1, 0.15) is 0 Å². The van der Waals surface area contributed by atoms with Crippen molar-refractivity contribution in [2.24, 2.45) is 5.92 Å². The standard InChI is InChI=1S/C10H18O6S2/c1-3-6-10(9-18(13,14)15)7-4-5-8-16-17(2,11)12/h10H,4-5,7-9H2,1-2H3,(H,13,14,15). The zero-order valence-electron chi connectivity index (χ0n) is 10.4. The predicted molar refractivity (Wildman–Crippen MR) is 68.0 cm³/mol. The molecule has 1 N–H and O–H groups in total. The normalized spacial score (nSPS) is 13.7. The maximum atomic E-state index is 10.7. The zero-order chi connectivity index (χ0) is 14.2. The molecule has 0 fully saturated rings. The summed E-state index contributed by atoms with van der Waals surface area (Å²) in [6.07, 6.45) is 2.50. The van der Waals surface area contributed by atoms with Crippen LogP contribution in [-0.4, -0.2) is 40.0 Å². The van der Waals surface area contributed by atoms with E-state index in [0.717, 1.165) is 6.26 Å². The third-order valence-corrected chi connectivity index (χ3v) is 3.42. The van der Waals surface area contributed by atoms with E-state index in [1.165, 1.54) is 0 Å². The van der Waals surface area contributed by atoms with E-state index in [4.69, 9.17) is 4.55 Å². The molecule has 0 bridgehead atoms. The Morgan fingerprint density at radius 2 is 1.83 bits per heavy atom. The second-order valence-electron chi connectivity index (χ2n) is 3.86. The molecule has 0 heterocycles. The molecule has 0 saturated heterocycles. The number of hydrogen-bond donors (Lipinski definition) is 1. The van der Waals surface area contributed by atoms with Gasteiger partial charge < -0.3 is 0 Å². The SMILES string of the molecule is CC#CC(CCCCOS(C)(=O)=O)CS(=O)(=O)O. The van der Waals surface area contributed by atoms with Crippen LogP contribution in [0.3, 0.4) is 0 Å². The molecule has 0 aliphatic carbocycles. The Balaban J connectivity index is 4.02. The van der Waals surface area contributed by atoms with Crippen molar-refractivity contribution in [1.29, 1.82) is 0 Å². The van der Waals surface area contributed by atoms with Crippen LogP contribution in [0.15, 0.2) is 0 Å². The van der Waals surface area contributed by atoms with Gasteiger partial charge in [-0.15, -0.1) is 5.92 Å². The molecule has 0 aromatic rings. The van der Waals surface area contributed by atoms with Gasteiger partial charge in [-0.3, -0.25) is 8.74 Å². The van der Waals surface area contributed by atoms with Gasteiger partial charge in [0.2, 0.25) is 0 Å². The third kappa shape index (κ3) is 11.9. The summed E-state index contributed by atoms with van der Waals surface area (Å²) in [5.74, 6) is 4.46. The second kappa shape index (κ2) is 7.74. The lowest BCUT2D eigenvalue weighted by atomic mass is 10.1. The smallest absolute Gasteiger partial charge is 0.266 e. The summed E-state index contributed by atoms with van der Waals surface area (Å²) in [6.45, 7) is 1.65. The molecule has 8 heteroatoms. The maximum Gasteiger partial charge on any atom is 0.266 e. The van der Waals surface area contributed by atoms with Gasteiger partial charge in [0.05, 0.1) is 18.6 Å². The van der Waals surface area contributed by atoms with E-state index in [-0.39, 0.29) is 6.61 Å². The van der Waals surface area contributed by atoms with Crippen molar-refractivity contribution in [3.05, 3.63) is 0 Å². The molecule has 0 aromatic carbocycles. The molecule has 18 heavy (non-hydrogen) atoms. The molecule has 0 radical (unpaired) electrons. The fourth-order valence-corrected chi connectivity index (χ4v) is 2.54. The fourth-order valence-electron chi connectivity index (χ4n) is 1.36. The summed E-state index contributed by atoms with van der Waals surface area (Å²) in [5, 5.41) is 0. The van der Waals surface area contributed by atoms with Crippen molar-refractivity contribution in [3.8, 4) is 11.8 Å². The van der Waals surface area contributed by atoms with Crippen molar-refractivity contribution in [2.75, 3.05) is 18.6 Å². The molecule has 1 unspecified atom stereocenters. The van der Waals surface area contributed by atoms with Gasteiger partial charge in [-0.05, 0) is 26.2 Å². The quantitative estimate of drug-likeness (QED) is 0.306. The number of hydrogen-bond acceptors (Lipinski definition) is 5. The summed E-state index contributed by atoms with van der Waals surface area (Å²) in [7, 11) is -7.47. The molecule has 106 valence electrons. The van der Waals surface area contributed by atoms with Crippen LogP contribution in [0.25, 0.3) is 0 Å². The highest BCUT2D eigenvalue weighted by Crippen LogP contribution is 2.10. The Morgan fingerprint density at radius 1 is 1.22 bits per heavy atom. The highest BCUT2D eigenvalue weighted by Gasteiger charge is 2.14. The van der Waals surface area contributed by atoms with E-state index in [1.807, 2.05) is 0 Å². The lowest BCUT2D eigenvalue weighted by molar-refractivity contribution is 0.308. The van der Waals surface area contributed by atoms with E-state index in [9.17, 15) is 16.8 Å². The Bertz CT molecular complexity index is 494. The fraction of sp³-hybridized carbons (Fsp3) is 0.800. The van der Waals surface area contributed by atoms with Crippen LogP contribution in [0.4, 0.5) is 0 Å². The van der Waals surface area contributed by atoms with Crippen molar-refractivity contribution in [1.82, 2.24) is 0 Å². The van der Waals surface area contributed by atoms with Crippen LogP contribution < -0.4 is 0 Å². The first-order chi connectivity index (χ1) is 8.14. The largest absolute Gasteiger partial charge is 0.286 e. The summed E-state index contributed by atoms with van der Waals surface area (Å²) in [6, 6.07) is 0. The van der Waals surface area contributed by atoms with Gasteiger partial charge in [-0.25, -0.2) is 0 Å². The van der Waals surface area contributed by atoms with E-state index >= 15 is 0 Å². The number of rotatable bonds is 8. The van der Waals surface area contributed by atoms with Crippen molar-refractivity contribution < 1.29 is 25.6 Å². The topological polar surface area (TPSA) is 97.7 Å². The zero-order valence-corrected chi connectivity index (χ0v) is 12.1. The molecule has 0 rings (SSSR count). The highest BCUT2D eigenvalue weighted by molar-refractivity contribution is 7.86. The van der Waals surface area contributed by atoms with Gasteiger partial charge in [-0.1, -0.05) is 5.92 Å². The highest BCUT2D eigenvalue weighted by atomic mass is 32.2. The third-order valence-electron chi connectivity index (χ3n) is 2.00. The molecule has 0 saturated carbocycles. The van der Waals surface area contributed by atoms with E-state index in [0.29, 0.717) is 19.3 Å². The van der Waals surface area contributed by atoms with Crippen molar-refractivity contribution >= 4 is 20.2 Å². The molecule has 1 atom stereocenters.